The van der Waals surface area contributed by atoms with E-state index in [-0.39, 0.29) is 11.9 Å². The number of fused-ring (bicyclic) bond motifs is 1. The second kappa shape index (κ2) is 7.19. The Bertz CT molecular complexity index is 1110. The summed E-state index contributed by atoms with van der Waals surface area (Å²) in [5.41, 5.74) is 11.6. The Hall–Kier alpha value is -3.61. The zero-order valence-corrected chi connectivity index (χ0v) is 15.9. The molecule has 7 nitrogen and oxygen atoms in total. The number of nitrogens with zero attached hydrogens (tertiary/aromatic N) is 3. The van der Waals surface area contributed by atoms with Crippen LogP contribution in [0.3, 0.4) is 0 Å². The standard InChI is InChI=1S/C21H23N7/c1-13-17(14(2)28-10-9-24-12-28)7-8-18-20(13)27-19(26-18)11-25-16-5-3-15(4-6-16)21(22)23/h3-10,12,14,25H,11H2,1-2H3,(H3,22,23)(H,26,27). The molecule has 7 heteroatoms. The van der Waals surface area contributed by atoms with E-state index >= 15 is 0 Å². The minimum absolute atomic E-state index is 0.0695. The van der Waals surface area contributed by atoms with Crippen LogP contribution in [-0.4, -0.2) is 25.4 Å². The summed E-state index contributed by atoms with van der Waals surface area (Å²) in [6, 6.07) is 11.9. The molecule has 0 bridgehead atoms. The van der Waals surface area contributed by atoms with Crippen molar-refractivity contribution >= 4 is 22.6 Å². The van der Waals surface area contributed by atoms with Crippen molar-refractivity contribution in [3.8, 4) is 0 Å². The third-order valence-corrected chi connectivity index (χ3v) is 5.08. The van der Waals surface area contributed by atoms with E-state index in [4.69, 9.17) is 16.1 Å². The SMILES string of the molecule is Cc1c(C(C)n2ccnc2)ccc2[nH]c(CNc3ccc(C(=N)N)cc3)nc12. The number of hydrogen-bond acceptors (Lipinski definition) is 4. The lowest BCUT2D eigenvalue weighted by Crippen LogP contribution is -2.10. The molecule has 4 rings (SSSR count). The summed E-state index contributed by atoms with van der Waals surface area (Å²) in [5, 5.41) is 10.8. The first-order chi connectivity index (χ1) is 13.5. The van der Waals surface area contributed by atoms with Crippen molar-refractivity contribution in [2.75, 3.05) is 5.32 Å². The topological polar surface area (TPSA) is 108 Å². The van der Waals surface area contributed by atoms with E-state index in [0.717, 1.165) is 22.5 Å². The van der Waals surface area contributed by atoms with Gasteiger partial charge in [0.1, 0.15) is 11.7 Å². The molecule has 0 aliphatic carbocycles. The van der Waals surface area contributed by atoms with Gasteiger partial charge in [-0.2, -0.15) is 0 Å². The summed E-state index contributed by atoms with van der Waals surface area (Å²) in [5.74, 6) is 0.946. The summed E-state index contributed by atoms with van der Waals surface area (Å²) in [6.07, 6.45) is 5.61. The quantitative estimate of drug-likeness (QED) is 0.306. The van der Waals surface area contributed by atoms with Crippen molar-refractivity contribution in [3.63, 3.8) is 0 Å². The number of rotatable bonds is 6. The van der Waals surface area contributed by atoms with Crippen LogP contribution in [0, 0.1) is 12.3 Å². The van der Waals surface area contributed by atoms with Gasteiger partial charge in [0.25, 0.3) is 0 Å². The Morgan fingerprint density at radius 1 is 1.25 bits per heavy atom. The number of anilines is 1. The normalized spacial score (nSPS) is 12.2. The van der Waals surface area contributed by atoms with Gasteiger partial charge in [-0.05, 0) is 55.3 Å². The van der Waals surface area contributed by atoms with Crippen molar-refractivity contribution in [3.05, 3.63) is 77.6 Å². The monoisotopic (exact) mass is 373 g/mol. The molecule has 0 radical (unpaired) electrons. The molecule has 4 aromatic rings. The van der Waals surface area contributed by atoms with E-state index < -0.39 is 0 Å². The van der Waals surface area contributed by atoms with Gasteiger partial charge in [-0.3, -0.25) is 5.41 Å². The maximum Gasteiger partial charge on any atom is 0.126 e. The van der Waals surface area contributed by atoms with Gasteiger partial charge in [-0.15, -0.1) is 0 Å². The molecule has 1 unspecified atom stereocenters. The first-order valence-electron chi connectivity index (χ1n) is 9.17. The molecule has 0 aliphatic heterocycles. The molecule has 5 N–H and O–H groups in total. The third kappa shape index (κ3) is 3.34. The van der Waals surface area contributed by atoms with Crippen molar-refractivity contribution in [1.29, 1.82) is 5.41 Å². The molecule has 2 heterocycles. The van der Waals surface area contributed by atoms with E-state index in [9.17, 15) is 0 Å². The Balaban J connectivity index is 1.54. The lowest BCUT2D eigenvalue weighted by molar-refractivity contribution is 0.635. The molecular formula is C21H23N7. The maximum atomic E-state index is 7.45. The van der Waals surface area contributed by atoms with Crippen molar-refractivity contribution in [1.82, 2.24) is 19.5 Å². The lowest BCUT2D eigenvalue weighted by atomic mass is 10.0. The molecule has 0 saturated heterocycles. The van der Waals surface area contributed by atoms with Crippen LogP contribution < -0.4 is 11.1 Å². The molecule has 0 saturated carbocycles. The highest BCUT2D eigenvalue weighted by atomic mass is 15.0. The number of nitrogens with two attached hydrogens (primary N) is 1. The van der Waals surface area contributed by atoms with Gasteiger partial charge >= 0.3 is 0 Å². The van der Waals surface area contributed by atoms with E-state index in [1.165, 1.54) is 11.1 Å². The van der Waals surface area contributed by atoms with Gasteiger partial charge in [0.05, 0.1) is 29.9 Å². The first kappa shape index (κ1) is 17.8. The van der Waals surface area contributed by atoms with E-state index in [1.807, 2.05) is 36.8 Å². The molecule has 28 heavy (non-hydrogen) atoms. The number of benzene rings is 2. The highest BCUT2D eigenvalue weighted by molar-refractivity contribution is 5.95. The predicted molar refractivity (Wildman–Crippen MR) is 112 cm³/mol. The zero-order chi connectivity index (χ0) is 19.7. The minimum Gasteiger partial charge on any atom is -0.384 e. The van der Waals surface area contributed by atoms with Crippen LogP contribution in [0.4, 0.5) is 5.69 Å². The number of nitrogens with one attached hydrogen (secondary N) is 3. The number of aromatic amines is 1. The summed E-state index contributed by atoms with van der Waals surface area (Å²) >= 11 is 0. The fourth-order valence-corrected chi connectivity index (χ4v) is 3.43. The van der Waals surface area contributed by atoms with Crippen molar-refractivity contribution < 1.29 is 0 Å². The van der Waals surface area contributed by atoms with E-state index in [0.29, 0.717) is 12.1 Å². The van der Waals surface area contributed by atoms with Crippen LogP contribution >= 0.6 is 0 Å². The Morgan fingerprint density at radius 3 is 2.71 bits per heavy atom. The predicted octanol–water partition coefficient (Wildman–Crippen LogP) is 3.57. The lowest BCUT2D eigenvalue weighted by Gasteiger charge is -2.16. The van der Waals surface area contributed by atoms with E-state index in [2.05, 4.69) is 45.8 Å². The number of nitrogen functional groups attached to an aromatic ring is 1. The second-order valence-corrected chi connectivity index (χ2v) is 6.89. The van der Waals surface area contributed by atoms with Crippen LogP contribution in [0.15, 0.2) is 55.1 Å². The zero-order valence-electron chi connectivity index (χ0n) is 15.9. The summed E-state index contributed by atoms with van der Waals surface area (Å²) in [4.78, 5) is 12.3. The fourth-order valence-electron chi connectivity index (χ4n) is 3.43. The fraction of sp³-hybridized carbons (Fsp3) is 0.190. The number of H-pyrrole nitrogens is 1. The molecule has 0 amide bonds. The van der Waals surface area contributed by atoms with Crippen LogP contribution in [-0.2, 0) is 6.54 Å². The highest BCUT2D eigenvalue weighted by Gasteiger charge is 2.14. The van der Waals surface area contributed by atoms with E-state index in [1.54, 1.807) is 6.20 Å². The van der Waals surface area contributed by atoms with Gasteiger partial charge < -0.3 is 20.6 Å². The Labute approximate surface area is 163 Å². The average Bonchev–Trinajstić information content (AvgIpc) is 3.37. The van der Waals surface area contributed by atoms with Crippen molar-refractivity contribution in [2.45, 2.75) is 26.4 Å². The number of imidazole rings is 2. The maximum absolute atomic E-state index is 7.45. The molecule has 0 aliphatic rings. The Kier molecular flexibility index (Phi) is 4.57. The number of amidine groups is 1. The van der Waals surface area contributed by atoms with Gasteiger partial charge in [0.2, 0.25) is 0 Å². The summed E-state index contributed by atoms with van der Waals surface area (Å²) in [6.45, 7) is 4.86. The van der Waals surface area contributed by atoms with Crippen LogP contribution in [0.25, 0.3) is 11.0 Å². The highest BCUT2D eigenvalue weighted by Crippen LogP contribution is 2.27. The first-order valence-corrected chi connectivity index (χ1v) is 9.17. The third-order valence-electron chi connectivity index (χ3n) is 5.08. The van der Waals surface area contributed by atoms with Gasteiger partial charge in [-0.1, -0.05) is 6.07 Å². The molecule has 2 aromatic carbocycles. The van der Waals surface area contributed by atoms with Crippen molar-refractivity contribution in [2.24, 2.45) is 5.73 Å². The number of aromatic nitrogens is 4. The molecule has 1 atom stereocenters. The van der Waals surface area contributed by atoms with Gasteiger partial charge in [0, 0.05) is 23.6 Å². The molecule has 0 spiro atoms. The largest absolute Gasteiger partial charge is 0.384 e. The molecule has 2 aromatic heterocycles. The van der Waals surface area contributed by atoms with Crippen LogP contribution in [0.2, 0.25) is 0 Å². The van der Waals surface area contributed by atoms with Gasteiger partial charge in [0.15, 0.2) is 0 Å². The second-order valence-electron chi connectivity index (χ2n) is 6.89. The van der Waals surface area contributed by atoms with Crippen LogP contribution in [0.5, 0.6) is 0 Å². The summed E-state index contributed by atoms with van der Waals surface area (Å²) in [7, 11) is 0. The molecule has 0 fully saturated rings. The molecular weight excluding hydrogens is 350 g/mol. The Morgan fingerprint density at radius 2 is 2.04 bits per heavy atom. The number of aryl methyl sites for hydroxylation is 1. The summed E-state index contributed by atoms with van der Waals surface area (Å²) < 4.78 is 2.09. The smallest absolute Gasteiger partial charge is 0.126 e. The minimum atomic E-state index is 0.0695. The average molecular weight is 373 g/mol. The molecule has 142 valence electrons. The number of hydrogen-bond donors (Lipinski definition) is 4. The van der Waals surface area contributed by atoms with Crippen LogP contribution in [0.1, 0.15) is 35.5 Å². The van der Waals surface area contributed by atoms with Gasteiger partial charge in [-0.25, -0.2) is 9.97 Å².